The second kappa shape index (κ2) is 8.32. The van der Waals surface area contributed by atoms with Crippen LogP contribution in [0.2, 0.25) is 5.02 Å². The number of nitrogens with zero attached hydrogens (tertiary/aromatic N) is 1. The van der Waals surface area contributed by atoms with Gasteiger partial charge in [0.25, 0.3) is 0 Å². The van der Waals surface area contributed by atoms with Gasteiger partial charge in [-0.25, -0.2) is 4.98 Å². The molecule has 1 aromatic carbocycles. The minimum atomic E-state index is -0.291. The summed E-state index contributed by atoms with van der Waals surface area (Å²) in [5.41, 5.74) is 2.31. The number of halogens is 1. The van der Waals surface area contributed by atoms with E-state index in [0.29, 0.717) is 29.0 Å². The third kappa shape index (κ3) is 4.50. The first-order valence-corrected chi connectivity index (χ1v) is 9.43. The summed E-state index contributed by atoms with van der Waals surface area (Å²) in [5, 5.41) is 4.58. The van der Waals surface area contributed by atoms with Crippen LogP contribution in [0.5, 0.6) is 0 Å². The van der Waals surface area contributed by atoms with Gasteiger partial charge in [-0.05, 0) is 42.1 Å². The van der Waals surface area contributed by atoms with Crippen LogP contribution >= 0.6 is 22.9 Å². The van der Waals surface area contributed by atoms with Gasteiger partial charge in [-0.3, -0.25) is 4.79 Å². The van der Waals surface area contributed by atoms with Crippen molar-refractivity contribution < 1.29 is 13.9 Å². The molecule has 0 N–H and O–H groups in total. The van der Waals surface area contributed by atoms with Crippen molar-refractivity contribution in [2.75, 3.05) is 6.61 Å². The van der Waals surface area contributed by atoms with Gasteiger partial charge >= 0.3 is 5.97 Å². The number of carbonyl (C=O) groups is 1. The molecule has 0 bridgehead atoms. The average Bonchev–Trinajstić information content (AvgIpc) is 3.25. The molecule has 6 heteroatoms. The molecular formula is C19H18ClNO3S. The van der Waals surface area contributed by atoms with E-state index in [1.807, 2.05) is 29.0 Å². The van der Waals surface area contributed by atoms with Gasteiger partial charge in [-0.15, -0.1) is 0 Å². The number of hydrogen-bond donors (Lipinski definition) is 0. The van der Waals surface area contributed by atoms with Gasteiger partial charge in [0.1, 0.15) is 0 Å². The first-order chi connectivity index (χ1) is 12.2. The van der Waals surface area contributed by atoms with Crippen molar-refractivity contribution >= 4 is 28.9 Å². The number of rotatable bonds is 7. The Hall–Kier alpha value is -2.11. The fraction of sp³-hybridized carbons (Fsp3) is 0.263. The number of aromatic nitrogens is 1. The summed E-state index contributed by atoms with van der Waals surface area (Å²) < 4.78 is 11.2. The van der Waals surface area contributed by atoms with Crippen molar-refractivity contribution in [1.29, 1.82) is 0 Å². The van der Waals surface area contributed by atoms with E-state index in [4.69, 9.17) is 20.8 Å². The van der Waals surface area contributed by atoms with Crippen LogP contribution in [-0.2, 0) is 16.0 Å². The molecule has 0 aliphatic rings. The van der Waals surface area contributed by atoms with Gasteiger partial charge in [0.05, 0.1) is 18.7 Å². The lowest BCUT2D eigenvalue weighted by Gasteiger charge is -2.02. The Bertz CT molecular complexity index is 825. The van der Waals surface area contributed by atoms with Crippen LogP contribution in [0, 0.1) is 0 Å². The molecule has 2 heterocycles. The molecule has 0 atom stereocenters. The smallest absolute Gasteiger partial charge is 0.312 e. The average molecular weight is 376 g/mol. The van der Waals surface area contributed by atoms with E-state index >= 15 is 0 Å². The molecule has 0 radical (unpaired) electrons. The van der Waals surface area contributed by atoms with Crippen LogP contribution in [-0.4, -0.2) is 17.6 Å². The summed E-state index contributed by atoms with van der Waals surface area (Å²) >= 11 is 7.50. The highest BCUT2D eigenvalue weighted by Crippen LogP contribution is 2.32. The Labute approximate surface area is 155 Å². The molecule has 0 aliphatic carbocycles. The minimum absolute atomic E-state index is 0.0893. The highest BCUT2D eigenvalue weighted by molar-refractivity contribution is 7.08. The van der Waals surface area contributed by atoms with Crippen molar-refractivity contribution in [2.24, 2.45) is 0 Å². The zero-order valence-electron chi connectivity index (χ0n) is 13.8. The van der Waals surface area contributed by atoms with Gasteiger partial charge in [-0.1, -0.05) is 24.9 Å². The van der Waals surface area contributed by atoms with Crippen molar-refractivity contribution in [3.63, 3.8) is 0 Å². The maximum atomic E-state index is 12.1. The van der Waals surface area contributed by atoms with Gasteiger partial charge in [0, 0.05) is 21.5 Å². The predicted molar refractivity (Wildman–Crippen MR) is 99.8 cm³/mol. The second-order valence-electron chi connectivity index (χ2n) is 5.56. The first-order valence-electron chi connectivity index (χ1n) is 8.11. The highest BCUT2D eigenvalue weighted by atomic mass is 35.5. The molecule has 0 saturated carbocycles. The summed E-state index contributed by atoms with van der Waals surface area (Å²) in [4.78, 5) is 16.6. The summed E-state index contributed by atoms with van der Waals surface area (Å²) in [6, 6.07) is 9.20. The van der Waals surface area contributed by atoms with E-state index in [-0.39, 0.29) is 12.4 Å². The number of benzene rings is 1. The van der Waals surface area contributed by atoms with Crippen LogP contribution in [0.25, 0.3) is 22.8 Å². The Morgan fingerprint density at radius 3 is 2.72 bits per heavy atom. The summed E-state index contributed by atoms with van der Waals surface area (Å²) in [5.74, 6) is 0.786. The van der Waals surface area contributed by atoms with Crippen LogP contribution in [0.3, 0.4) is 0 Å². The standard InChI is InChI=1S/C19H18ClNO3S/c1-2-3-9-23-17(22)11-16-18(14-8-10-25-12-14)24-19(21-16)13-4-6-15(20)7-5-13/h4-8,10,12H,2-3,9,11H2,1H3. The Morgan fingerprint density at radius 2 is 2.04 bits per heavy atom. The Morgan fingerprint density at radius 1 is 1.24 bits per heavy atom. The second-order valence-corrected chi connectivity index (χ2v) is 6.78. The fourth-order valence-electron chi connectivity index (χ4n) is 2.32. The molecule has 0 amide bonds. The van der Waals surface area contributed by atoms with Crippen molar-refractivity contribution in [3.05, 3.63) is 51.8 Å². The lowest BCUT2D eigenvalue weighted by Crippen LogP contribution is -2.09. The third-order valence-electron chi connectivity index (χ3n) is 3.64. The number of hydrogen-bond acceptors (Lipinski definition) is 5. The van der Waals surface area contributed by atoms with Crippen LogP contribution in [0.4, 0.5) is 0 Å². The molecule has 0 spiro atoms. The van der Waals surface area contributed by atoms with E-state index < -0.39 is 0 Å². The van der Waals surface area contributed by atoms with Crippen molar-refractivity contribution in [3.8, 4) is 22.8 Å². The van der Waals surface area contributed by atoms with Crippen molar-refractivity contribution in [1.82, 2.24) is 4.98 Å². The molecule has 130 valence electrons. The number of oxazole rings is 1. The molecule has 25 heavy (non-hydrogen) atoms. The third-order valence-corrected chi connectivity index (χ3v) is 4.58. The SMILES string of the molecule is CCCCOC(=O)Cc1nc(-c2ccc(Cl)cc2)oc1-c1ccsc1. The molecule has 0 unspecified atom stereocenters. The molecule has 0 fully saturated rings. The summed E-state index contributed by atoms with van der Waals surface area (Å²) in [7, 11) is 0. The molecule has 4 nitrogen and oxygen atoms in total. The quantitative estimate of drug-likeness (QED) is 0.398. The maximum Gasteiger partial charge on any atom is 0.312 e. The van der Waals surface area contributed by atoms with E-state index in [1.54, 1.807) is 23.5 Å². The van der Waals surface area contributed by atoms with E-state index in [9.17, 15) is 4.79 Å². The van der Waals surface area contributed by atoms with Gasteiger partial charge in [0.2, 0.25) is 5.89 Å². The molecule has 0 aliphatic heterocycles. The van der Waals surface area contributed by atoms with Crippen LogP contribution in [0.1, 0.15) is 25.5 Å². The van der Waals surface area contributed by atoms with E-state index in [0.717, 1.165) is 24.0 Å². The molecule has 3 aromatic rings. The van der Waals surface area contributed by atoms with Crippen LogP contribution in [0.15, 0.2) is 45.5 Å². The summed E-state index contributed by atoms with van der Waals surface area (Å²) in [6.45, 7) is 2.49. The molecule has 3 rings (SSSR count). The number of carbonyl (C=O) groups excluding carboxylic acids is 1. The first kappa shape index (κ1) is 17.7. The van der Waals surface area contributed by atoms with E-state index in [2.05, 4.69) is 11.9 Å². The zero-order chi connectivity index (χ0) is 17.6. The highest BCUT2D eigenvalue weighted by Gasteiger charge is 2.20. The van der Waals surface area contributed by atoms with Gasteiger partial charge < -0.3 is 9.15 Å². The maximum absolute atomic E-state index is 12.1. The lowest BCUT2D eigenvalue weighted by molar-refractivity contribution is -0.142. The van der Waals surface area contributed by atoms with Crippen LogP contribution < -0.4 is 0 Å². The number of ether oxygens (including phenoxy) is 1. The van der Waals surface area contributed by atoms with E-state index in [1.165, 1.54) is 0 Å². The van der Waals surface area contributed by atoms with Crippen molar-refractivity contribution in [2.45, 2.75) is 26.2 Å². The number of unbranched alkanes of at least 4 members (excludes halogenated alkanes) is 1. The minimum Gasteiger partial charge on any atom is -0.465 e. The molecular weight excluding hydrogens is 358 g/mol. The summed E-state index contributed by atoms with van der Waals surface area (Å²) in [6.07, 6.45) is 1.93. The van der Waals surface area contributed by atoms with Gasteiger partial charge in [-0.2, -0.15) is 11.3 Å². The topological polar surface area (TPSA) is 52.3 Å². The predicted octanol–water partition coefficient (Wildman–Crippen LogP) is 5.61. The number of esters is 1. The van der Waals surface area contributed by atoms with Gasteiger partial charge in [0.15, 0.2) is 5.76 Å². The fourth-order valence-corrected chi connectivity index (χ4v) is 3.09. The normalized spacial score (nSPS) is 10.8. The molecule has 2 aromatic heterocycles. The number of thiophene rings is 1. The Balaban J connectivity index is 1.87. The lowest BCUT2D eigenvalue weighted by atomic mass is 10.2. The largest absolute Gasteiger partial charge is 0.465 e. The zero-order valence-corrected chi connectivity index (χ0v) is 15.4. The molecule has 0 saturated heterocycles. The Kier molecular flexibility index (Phi) is 5.89. The monoisotopic (exact) mass is 375 g/mol.